The third-order valence-electron chi connectivity index (χ3n) is 4.32. The molecule has 0 aliphatic carbocycles. The highest BCUT2D eigenvalue weighted by atomic mass is 16.2. The summed E-state index contributed by atoms with van der Waals surface area (Å²) in [5.41, 5.74) is 3.02. The van der Waals surface area contributed by atoms with Crippen LogP contribution in [0.25, 0.3) is 0 Å². The Morgan fingerprint density at radius 3 is 1.92 bits per heavy atom. The Labute approximate surface area is 158 Å². The second-order valence-corrected chi connectivity index (χ2v) is 6.98. The molecule has 0 unspecified atom stereocenters. The highest BCUT2D eigenvalue weighted by Crippen LogP contribution is 2.15. The minimum absolute atomic E-state index is 0.0367. The fourth-order valence-corrected chi connectivity index (χ4v) is 2.90. The van der Waals surface area contributed by atoms with Gasteiger partial charge in [-0.2, -0.15) is 0 Å². The number of Topliss-reactive ketones (excluding diaryl/α,β-unsaturated/α-hetero) is 3. The summed E-state index contributed by atoms with van der Waals surface area (Å²) in [6, 6.07) is 0. The summed E-state index contributed by atoms with van der Waals surface area (Å²) >= 11 is 0. The van der Waals surface area contributed by atoms with Crippen LogP contribution in [-0.4, -0.2) is 17.3 Å². The average molecular weight is 359 g/mol. The Balaban J connectivity index is 5.22. The lowest BCUT2D eigenvalue weighted by molar-refractivity contribution is -0.129. The maximum absolute atomic E-state index is 12.3. The highest BCUT2D eigenvalue weighted by Gasteiger charge is 2.20. The number of carbonyl (C=O) groups excluding carboxylic acids is 3. The Bertz CT molecular complexity index is 657. The van der Waals surface area contributed by atoms with Crippen LogP contribution in [0.1, 0.15) is 68.2 Å². The normalized spacial score (nSPS) is 16.3. The van der Waals surface area contributed by atoms with Gasteiger partial charge in [-0.1, -0.05) is 50.6 Å². The molecular formula is C23H34O3. The summed E-state index contributed by atoms with van der Waals surface area (Å²) in [5, 5.41) is 0. The molecule has 144 valence electrons. The molecule has 0 aromatic heterocycles. The van der Waals surface area contributed by atoms with Crippen molar-refractivity contribution < 1.29 is 14.4 Å². The Hall–Kier alpha value is -2.03. The van der Waals surface area contributed by atoms with E-state index in [4.69, 9.17) is 0 Å². The van der Waals surface area contributed by atoms with Crippen molar-refractivity contribution in [2.75, 3.05) is 0 Å². The van der Waals surface area contributed by atoms with Crippen molar-refractivity contribution in [1.29, 1.82) is 0 Å². The van der Waals surface area contributed by atoms with Gasteiger partial charge in [-0.25, -0.2) is 0 Å². The van der Waals surface area contributed by atoms with Crippen molar-refractivity contribution in [3.05, 3.63) is 46.6 Å². The summed E-state index contributed by atoms with van der Waals surface area (Å²) in [7, 11) is 0. The third-order valence-corrected chi connectivity index (χ3v) is 4.32. The largest absolute Gasteiger partial charge is 0.299 e. The van der Waals surface area contributed by atoms with Crippen LogP contribution in [0.3, 0.4) is 0 Å². The summed E-state index contributed by atoms with van der Waals surface area (Å²) in [4.78, 5) is 36.2. The molecule has 0 aliphatic rings. The third kappa shape index (κ3) is 7.90. The minimum atomic E-state index is -0.588. The summed E-state index contributed by atoms with van der Waals surface area (Å²) < 4.78 is 0. The summed E-state index contributed by atoms with van der Waals surface area (Å²) in [5.74, 6) is -0.611. The standard InChI is InChI=1S/C23H34O3/c1-9-11-17(5)22(25)18(6)13-15(3)12-16(4)14-19(7)23(26)20(8)21(24)10-2/h11-15,20H,9-10H2,1-8H3/b16-12+,17-11+,18-13+,19-14+/t15-,20-/m0/s1. The van der Waals surface area contributed by atoms with Gasteiger partial charge in [-0.15, -0.1) is 0 Å². The van der Waals surface area contributed by atoms with E-state index in [0.29, 0.717) is 12.0 Å². The molecule has 0 aromatic rings. The molecule has 3 heteroatoms. The fourth-order valence-electron chi connectivity index (χ4n) is 2.90. The predicted molar refractivity (Wildman–Crippen MR) is 109 cm³/mol. The highest BCUT2D eigenvalue weighted by molar-refractivity contribution is 6.09. The lowest BCUT2D eigenvalue weighted by atomic mass is 9.93. The van der Waals surface area contributed by atoms with Crippen LogP contribution in [0.15, 0.2) is 46.6 Å². The van der Waals surface area contributed by atoms with E-state index in [1.165, 1.54) is 0 Å². The Morgan fingerprint density at radius 2 is 1.42 bits per heavy atom. The molecule has 0 rings (SSSR count). The van der Waals surface area contributed by atoms with Gasteiger partial charge < -0.3 is 0 Å². The zero-order valence-corrected chi connectivity index (χ0v) is 17.6. The molecule has 0 spiro atoms. The minimum Gasteiger partial charge on any atom is -0.299 e. The lowest BCUT2D eigenvalue weighted by Crippen LogP contribution is -2.21. The number of allylic oxidation sites excluding steroid dienone is 8. The smallest absolute Gasteiger partial charge is 0.183 e. The monoisotopic (exact) mass is 358 g/mol. The molecule has 0 aromatic carbocycles. The first-order valence-electron chi connectivity index (χ1n) is 9.38. The van der Waals surface area contributed by atoms with Crippen molar-refractivity contribution in [3.8, 4) is 0 Å². The molecule has 0 bridgehead atoms. The summed E-state index contributed by atoms with van der Waals surface area (Å²) in [6.45, 7) is 14.8. The van der Waals surface area contributed by atoms with Gasteiger partial charge in [-0.3, -0.25) is 14.4 Å². The molecule has 0 aliphatic heterocycles. The van der Waals surface area contributed by atoms with Crippen LogP contribution in [0, 0.1) is 11.8 Å². The van der Waals surface area contributed by atoms with Gasteiger partial charge in [0.1, 0.15) is 5.78 Å². The molecule has 0 saturated carbocycles. The van der Waals surface area contributed by atoms with Crippen LogP contribution in [0.2, 0.25) is 0 Å². The molecule has 3 nitrogen and oxygen atoms in total. The first-order chi connectivity index (χ1) is 12.0. The van der Waals surface area contributed by atoms with Crippen LogP contribution >= 0.6 is 0 Å². The second-order valence-electron chi connectivity index (χ2n) is 6.98. The number of rotatable bonds is 10. The van der Waals surface area contributed by atoms with E-state index in [9.17, 15) is 14.4 Å². The summed E-state index contributed by atoms with van der Waals surface area (Å²) in [6.07, 6.45) is 8.91. The molecule has 0 fully saturated rings. The SMILES string of the molecule is CC/C=C(\C)C(=O)/C(C)=C/[C@@H](C)/C=C(C)/C=C(\C)C(=O)[C@@H](C)C(=O)CC. The Kier molecular flexibility index (Phi) is 10.7. The predicted octanol–water partition coefficient (Wildman–Crippen LogP) is 5.57. The molecular weight excluding hydrogens is 324 g/mol. The van der Waals surface area contributed by atoms with E-state index in [-0.39, 0.29) is 23.3 Å². The Morgan fingerprint density at radius 1 is 0.846 bits per heavy atom. The first kappa shape index (κ1) is 24.0. The molecule has 26 heavy (non-hydrogen) atoms. The van der Waals surface area contributed by atoms with Crippen LogP contribution < -0.4 is 0 Å². The van der Waals surface area contributed by atoms with Gasteiger partial charge in [0.25, 0.3) is 0 Å². The van der Waals surface area contributed by atoms with Gasteiger partial charge in [0.05, 0.1) is 5.92 Å². The van der Waals surface area contributed by atoms with Crippen LogP contribution in [-0.2, 0) is 14.4 Å². The number of hydrogen-bond donors (Lipinski definition) is 0. The van der Waals surface area contributed by atoms with E-state index in [2.05, 4.69) is 0 Å². The van der Waals surface area contributed by atoms with Crippen molar-refractivity contribution >= 4 is 17.3 Å². The van der Waals surface area contributed by atoms with Gasteiger partial charge in [0, 0.05) is 6.42 Å². The molecule has 0 amide bonds. The van der Waals surface area contributed by atoms with Gasteiger partial charge in [0.15, 0.2) is 11.6 Å². The maximum atomic E-state index is 12.3. The maximum Gasteiger partial charge on any atom is 0.183 e. The number of ketones is 3. The average Bonchev–Trinajstić information content (AvgIpc) is 2.58. The topological polar surface area (TPSA) is 51.2 Å². The fraction of sp³-hybridized carbons (Fsp3) is 0.522. The zero-order valence-electron chi connectivity index (χ0n) is 17.6. The number of hydrogen-bond acceptors (Lipinski definition) is 3. The van der Waals surface area contributed by atoms with E-state index in [1.807, 2.05) is 58.9 Å². The van der Waals surface area contributed by atoms with Crippen LogP contribution in [0.4, 0.5) is 0 Å². The molecule has 2 atom stereocenters. The van der Waals surface area contributed by atoms with Crippen molar-refractivity contribution in [2.45, 2.75) is 68.2 Å². The van der Waals surface area contributed by atoms with E-state index < -0.39 is 5.92 Å². The van der Waals surface area contributed by atoms with Gasteiger partial charge in [-0.05, 0) is 63.7 Å². The quantitative estimate of drug-likeness (QED) is 0.291. The van der Waals surface area contributed by atoms with Crippen LogP contribution in [0.5, 0.6) is 0 Å². The molecule has 0 radical (unpaired) electrons. The van der Waals surface area contributed by atoms with Crippen molar-refractivity contribution in [3.63, 3.8) is 0 Å². The lowest BCUT2D eigenvalue weighted by Gasteiger charge is -2.09. The van der Waals surface area contributed by atoms with E-state index in [1.54, 1.807) is 20.8 Å². The van der Waals surface area contributed by atoms with E-state index >= 15 is 0 Å². The second kappa shape index (κ2) is 11.6. The zero-order chi connectivity index (χ0) is 20.4. The molecule has 0 heterocycles. The molecule has 0 N–H and O–H groups in total. The number of carbonyl (C=O) groups is 3. The van der Waals surface area contributed by atoms with Gasteiger partial charge in [0.2, 0.25) is 0 Å². The van der Waals surface area contributed by atoms with Gasteiger partial charge >= 0.3 is 0 Å². The van der Waals surface area contributed by atoms with Crippen molar-refractivity contribution in [2.24, 2.45) is 11.8 Å². The van der Waals surface area contributed by atoms with Crippen molar-refractivity contribution in [1.82, 2.24) is 0 Å². The first-order valence-corrected chi connectivity index (χ1v) is 9.38. The molecule has 0 saturated heterocycles. The van der Waals surface area contributed by atoms with E-state index in [0.717, 1.165) is 23.1 Å².